The van der Waals surface area contributed by atoms with Gasteiger partial charge in [-0.3, -0.25) is 0 Å². The van der Waals surface area contributed by atoms with E-state index in [9.17, 15) is 26.3 Å². The van der Waals surface area contributed by atoms with E-state index in [1.807, 2.05) is 66.7 Å². The van der Waals surface area contributed by atoms with Gasteiger partial charge in [0.15, 0.2) is 17.5 Å². The molecule has 0 atom stereocenters. The maximum Gasteiger partial charge on any atom is 0.416 e. The van der Waals surface area contributed by atoms with Crippen LogP contribution in [0.4, 0.5) is 26.3 Å². The Bertz CT molecular complexity index is 2520. The summed E-state index contributed by atoms with van der Waals surface area (Å²) in [6.45, 7) is 0. The lowest BCUT2D eigenvalue weighted by atomic mass is 9.83. The van der Waals surface area contributed by atoms with Crippen LogP contribution in [0.15, 0.2) is 133 Å². The Morgan fingerprint density at radius 2 is 0.957 bits per heavy atom. The fourth-order valence-corrected chi connectivity index (χ4v) is 6.80. The van der Waals surface area contributed by atoms with Crippen molar-refractivity contribution >= 4 is 43.1 Å². The molecule has 8 aromatic carbocycles. The Morgan fingerprint density at radius 1 is 0.383 bits per heavy atom. The highest BCUT2D eigenvalue weighted by Gasteiger charge is 2.30. The Balaban J connectivity index is 1.54. The van der Waals surface area contributed by atoms with Gasteiger partial charge in [-0.15, -0.1) is 0 Å². The zero-order chi connectivity index (χ0) is 32.4. The molecular weight excluding hydrogens is 606 g/mol. The maximum atomic E-state index is 14.8. The van der Waals surface area contributed by atoms with Crippen molar-refractivity contribution in [3.8, 4) is 33.4 Å². The predicted molar refractivity (Wildman–Crippen MR) is 178 cm³/mol. The Hall–Kier alpha value is -5.62. The topological polar surface area (TPSA) is 0 Å². The SMILES string of the molecule is Fc1cc(-c2c3ccccc3c(-c3cc4ccccc4c4ccccc34)c3ccc(-c4cccc(C(F)(F)F)c4)cc23)cc(F)c1F. The van der Waals surface area contributed by atoms with E-state index < -0.39 is 29.2 Å². The van der Waals surface area contributed by atoms with E-state index in [0.717, 1.165) is 67.7 Å². The first-order valence-electron chi connectivity index (χ1n) is 14.9. The lowest BCUT2D eigenvalue weighted by Crippen LogP contribution is -2.04. The van der Waals surface area contributed by atoms with Crippen LogP contribution in [0.5, 0.6) is 0 Å². The third kappa shape index (κ3) is 4.71. The maximum absolute atomic E-state index is 14.8. The van der Waals surface area contributed by atoms with Crippen molar-refractivity contribution in [2.24, 2.45) is 0 Å². The number of fused-ring (bicyclic) bond motifs is 5. The summed E-state index contributed by atoms with van der Waals surface area (Å²) in [6, 6.07) is 38.0. The Kier molecular flexibility index (Phi) is 6.58. The minimum atomic E-state index is -4.54. The first-order valence-corrected chi connectivity index (χ1v) is 14.9. The molecule has 0 spiro atoms. The summed E-state index contributed by atoms with van der Waals surface area (Å²) >= 11 is 0. The fourth-order valence-electron chi connectivity index (χ4n) is 6.80. The number of benzene rings is 8. The van der Waals surface area contributed by atoms with Crippen LogP contribution in [0.1, 0.15) is 5.56 Å². The molecule has 228 valence electrons. The van der Waals surface area contributed by atoms with Crippen LogP contribution in [0.25, 0.3) is 76.5 Å². The molecule has 0 nitrogen and oxygen atoms in total. The third-order valence-corrected chi connectivity index (χ3v) is 8.86. The van der Waals surface area contributed by atoms with E-state index in [1.165, 1.54) is 6.07 Å². The van der Waals surface area contributed by atoms with Gasteiger partial charge in [0.25, 0.3) is 0 Å². The average Bonchev–Trinajstić information content (AvgIpc) is 3.08. The summed E-state index contributed by atoms with van der Waals surface area (Å²) in [5.74, 6) is -4.25. The van der Waals surface area contributed by atoms with Crippen molar-refractivity contribution in [1.82, 2.24) is 0 Å². The zero-order valence-corrected chi connectivity index (χ0v) is 24.5. The average molecular weight is 629 g/mol. The standard InChI is InChI=1S/C41H22F6/c42-36-21-26(22-37(43)40(36)44)38-31-14-5-6-15-32(31)39(34-20-25-8-1-2-11-28(25)29-12-3-4-13-30(29)34)33-17-16-24(19-35(33)38)23-9-7-10-27(18-23)41(45,46)47/h1-22H. The molecule has 8 aromatic rings. The molecule has 0 unspecified atom stereocenters. The fraction of sp³-hybridized carbons (Fsp3) is 0.0244. The van der Waals surface area contributed by atoms with Gasteiger partial charge in [0.05, 0.1) is 5.56 Å². The molecule has 6 heteroatoms. The molecule has 0 heterocycles. The van der Waals surface area contributed by atoms with E-state index in [-0.39, 0.29) is 5.56 Å². The van der Waals surface area contributed by atoms with E-state index in [0.29, 0.717) is 27.5 Å². The summed E-state index contributed by atoms with van der Waals surface area (Å²) in [5, 5.41) is 6.87. The quantitative estimate of drug-likeness (QED) is 0.0790. The van der Waals surface area contributed by atoms with Gasteiger partial charge in [0, 0.05) is 0 Å². The normalized spacial score (nSPS) is 12.0. The van der Waals surface area contributed by atoms with E-state index in [1.54, 1.807) is 18.2 Å². The minimum absolute atomic E-state index is 0.110. The predicted octanol–water partition coefficient (Wildman–Crippen LogP) is 12.7. The van der Waals surface area contributed by atoms with Crippen molar-refractivity contribution < 1.29 is 26.3 Å². The van der Waals surface area contributed by atoms with Gasteiger partial charge in [-0.05, 0) is 113 Å². The molecule has 0 radical (unpaired) electrons. The molecule has 0 bridgehead atoms. The lowest BCUT2D eigenvalue weighted by molar-refractivity contribution is -0.137. The molecule has 0 fully saturated rings. The zero-order valence-electron chi connectivity index (χ0n) is 24.5. The van der Waals surface area contributed by atoms with Crippen molar-refractivity contribution in [2.75, 3.05) is 0 Å². The third-order valence-electron chi connectivity index (χ3n) is 8.86. The van der Waals surface area contributed by atoms with Crippen molar-refractivity contribution in [3.05, 3.63) is 156 Å². The van der Waals surface area contributed by atoms with Crippen LogP contribution >= 0.6 is 0 Å². The molecule has 8 rings (SSSR count). The molecule has 0 saturated carbocycles. The van der Waals surface area contributed by atoms with Crippen molar-refractivity contribution in [1.29, 1.82) is 0 Å². The van der Waals surface area contributed by atoms with Gasteiger partial charge in [-0.25, -0.2) is 13.2 Å². The smallest absolute Gasteiger partial charge is 0.204 e. The summed E-state index contributed by atoms with van der Waals surface area (Å²) in [5.41, 5.74) is 2.36. The van der Waals surface area contributed by atoms with Gasteiger partial charge in [-0.1, -0.05) is 97.1 Å². The molecule has 0 amide bonds. The van der Waals surface area contributed by atoms with Crippen LogP contribution < -0.4 is 0 Å². The summed E-state index contributed by atoms with van der Waals surface area (Å²) < 4.78 is 84.8. The van der Waals surface area contributed by atoms with Gasteiger partial charge >= 0.3 is 6.18 Å². The Labute approximate surface area is 265 Å². The molecule has 0 aromatic heterocycles. The van der Waals surface area contributed by atoms with Gasteiger partial charge in [0.1, 0.15) is 0 Å². The highest BCUT2D eigenvalue weighted by molar-refractivity contribution is 6.26. The van der Waals surface area contributed by atoms with Crippen LogP contribution in [-0.4, -0.2) is 0 Å². The molecule has 0 aliphatic heterocycles. The summed E-state index contributed by atoms with van der Waals surface area (Å²) in [7, 11) is 0. The first kappa shape index (κ1) is 28.8. The van der Waals surface area contributed by atoms with Crippen LogP contribution in [-0.2, 0) is 6.18 Å². The molecule has 0 N–H and O–H groups in total. The molecule has 0 aliphatic carbocycles. The van der Waals surface area contributed by atoms with Crippen molar-refractivity contribution in [2.45, 2.75) is 6.18 Å². The second-order valence-electron chi connectivity index (χ2n) is 11.6. The second-order valence-corrected chi connectivity index (χ2v) is 11.6. The van der Waals surface area contributed by atoms with Gasteiger partial charge in [-0.2, -0.15) is 13.2 Å². The van der Waals surface area contributed by atoms with Crippen LogP contribution in [0.2, 0.25) is 0 Å². The summed E-state index contributed by atoms with van der Waals surface area (Å²) in [6.07, 6.45) is -4.54. The largest absolute Gasteiger partial charge is 0.416 e. The molecule has 0 saturated heterocycles. The molecular formula is C41H22F6. The highest BCUT2D eigenvalue weighted by atomic mass is 19.4. The lowest BCUT2D eigenvalue weighted by Gasteiger charge is -2.20. The van der Waals surface area contributed by atoms with Crippen LogP contribution in [0.3, 0.4) is 0 Å². The second kappa shape index (κ2) is 10.7. The number of alkyl halides is 3. The summed E-state index contributed by atoms with van der Waals surface area (Å²) in [4.78, 5) is 0. The highest BCUT2D eigenvalue weighted by Crippen LogP contribution is 2.47. The van der Waals surface area contributed by atoms with Gasteiger partial charge in [0.2, 0.25) is 0 Å². The minimum Gasteiger partial charge on any atom is -0.204 e. The Morgan fingerprint density at radius 3 is 1.66 bits per heavy atom. The van der Waals surface area contributed by atoms with Crippen molar-refractivity contribution in [3.63, 3.8) is 0 Å². The number of halogens is 6. The van der Waals surface area contributed by atoms with E-state index in [4.69, 9.17) is 0 Å². The monoisotopic (exact) mass is 628 g/mol. The number of hydrogen-bond acceptors (Lipinski definition) is 0. The molecule has 0 aliphatic rings. The first-order chi connectivity index (χ1) is 22.7. The van der Waals surface area contributed by atoms with E-state index >= 15 is 0 Å². The van der Waals surface area contributed by atoms with E-state index in [2.05, 4.69) is 18.2 Å². The molecule has 47 heavy (non-hydrogen) atoms. The number of hydrogen-bond donors (Lipinski definition) is 0. The number of rotatable bonds is 3. The van der Waals surface area contributed by atoms with Crippen LogP contribution in [0, 0.1) is 17.5 Å². The van der Waals surface area contributed by atoms with Gasteiger partial charge < -0.3 is 0 Å².